The second-order valence-corrected chi connectivity index (χ2v) is 5.58. The lowest BCUT2D eigenvalue weighted by Crippen LogP contribution is -2.35. The van der Waals surface area contributed by atoms with Crippen LogP contribution in [0.2, 0.25) is 0 Å². The van der Waals surface area contributed by atoms with Gasteiger partial charge in [-0.05, 0) is 52.5 Å². The van der Waals surface area contributed by atoms with E-state index in [2.05, 4.69) is 22.4 Å². The van der Waals surface area contributed by atoms with Gasteiger partial charge >= 0.3 is 0 Å². The Morgan fingerprint density at radius 2 is 2.16 bits per heavy atom. The highest BCUT2D eigenvalue weighted by Gasteiger charge is 2.41. The van der Waals surface area contributed by atoms with E-state index in [4.69, 9.17) is 9.26 Å². The van der Waals surface area contributed by atoms with Crippen molar-refractivity contribution >= 4 is 0 Å². The Kier molecular flexibility index (Phi) is 4.58. The van der Waals surface area contributed by atoms with Gasteiger partial charge in [0.1, 0.15) is 5.60 Å². The molecule has 0 radical (unpaired) electrons. The van der Waals surface area contributed by atoms with Crippen LogP contribution >= 0.6 is 0 Å². The van der Waals surface area contributed by atoms with Crippen molar-refractivity contribution in [3.63, 3.8) is 0 Å². The van der Waals surface area contributed by atoms with Crippen molar-refractivity contribution in [2.75, 3.05) is 13.7 Å². The summed E-state index contributed by atoms with van der Waals surface area (Å²) < 4.78 is 11.4. The third-order valence-corrected chi connectivity index (χ3v) is 4.16. The number of hydrogen-bond donors (Lipinski definition) is 1. The smallest absolute Gasteiger partial charge is 0.243 e. The summed E-state index contributed by atoms with van der Waals surface area (Å²) in [6, 6.07) is 0.0717. The average molecular weight is 267 g/mol. The Balaban J connectivity index is 2.21. The van der Waals surface area contributed by atoms with E-state index in [0.29, 0.717) is 12.5 Å². The second kappa shape index (κ2) is 6.01. The fourth-order valence-corrected chi connectivity index (χ4v) is 2.66. The zero-order chi connectivity index (χ0) is 13.9. The summed E-state index contributed by atoms with van der Waals surface area (Å²) in [6.45, 7) is 7.00. The molecular weight excluding hydrogens is 242 g/mol. The molecule has 0 amide bonds. The predicted octanol–water partition coefficient (Wildman–Crippen LogP) is 2.79. The molecule has 0 aromatic carbocycles. The van der Waals surface area contributed by atoms with Crippen molar-refractivity contribution in [2.45, 2.75) is 58.1 Å². The first kappa shape index (κ1) is 14.5. The van der Waals surface area contributed by atoms with E-state index in [-0.39, 0.29) is 11.6 Å². The molecule has 0 saturated heterocycles. The molecule has 0 bridgehead atoms. The highest BCUT2D eigenvalue weighted by molar-refractivity contribution is 5.05. The first-order valence-corrected chi connectivity index (χ1v) is 7.26. The fraction of sp³-hybridized carbons (Fsp3) is 0.857. The van der Waals surface area contributed by atoms with Crippen molar-refractivity contribution in [2.24, 2.45) is 5.92 Å². The molecule has 1 aromatic rings. The maximum Gasteiger partial charge on any atom is 0.243 e. The maximum atomic E-state index is 6.03. The van der Waals surface area contributed by atoms with Gasteiger partial charge in [0.05, 0.1) is 6.04 Å². The normalized spacial score (nSPS) is 29.4. The lowest BCUT2D eigenvalue weighted by Gasteiger charge is -2.36. The molecule has 1 atom stereocenters. The summed E-state index contributed by atoms with van der Waals surface area (Å²) in [6.07, 6.45) is 4.28. The number of nitrogens with zero attached hydrogens (tertiary/aromatic N) is 2. The summed E-state index contributed by atoms with van der Waals surface area (Å²) in [5.41, 5.74) is -0.337. The number of nitrogens with one attached hydrogen (secondary N) is 1. The first-order valence-electron chi connectivity index (χ1n) is 7.26. The Labute approximate surface area is 115 Å². The first-order chi connectivity index (χ1) is 9.11. The standard InChI is InChI=1S/C14H25N3O2/c1-5-18-14(8-6-10(2)7-9-14)13-16-12(19-17-13)11(3)15-4/h10-11,15H,5-9H2,1-4H3. The summed E-state index contributed by atoms with van der Waals surface area (Å²) >= 11 is 0. The van der Waals surface area contributed by atoms with Crippen molar-refractivity contribution in [3.05, 3.63) is 11.7 Å². The third kappa shape index (κ3) is 2.98. The SMILES string of the molecule is CCOC1(c2noc(C(C)NC)n2)CCC(C)CC1. The zero-order valence-electron chi connectivity index (χ0n) is 12.4. The van der Waals surface area contributed by atoms with Crippen molar-refractivity contribution < 1.29 is 9.26 Å². The highest BCUT2D eigenvalue weighted by Crippen LogP contribution is 2.41. The lowest BCUT2D eigenvalue weighted by atomic mass is 9.79. The summed E-state index contributed by atoms with van der Waals surface area (Å²) in [5, 5.41) is 7.29. The molecular formula is C14H25N3O2. The van der Waals surface area contributed by atoms with E-state index < -0.39 is 0 Å². The summed E-state index contributed by atoms with van der Waals surface area (Å²) in [5.74, 6) is 2.12. The van der Waals surface area contributed by atoms with Gasteiger partial charge in [0.15, 0.2) is 0 Å². The van der Waals surface area contributed by atoms with Gasteiger partial charge in [-0.15, -0.1) is 0 Å². The number of aromatic nitrogens is 2. The molecule has 0 aliphatic heterocycles. The molecule has 0 spiro atoms. The fourth-order valence-electron chi connectivity index (χ4n) is 2.66. The summed E-state index contributed by atoms with van der Waals surface area (Å²) in [7, 11) is 1.88. The van der Waals surface area contributed by atoms with Crippen LogP contribution in [0.4, 0.5) is 0 Å². The molecule has 5 nitrogen and oxygen atoms in total. The minimum absolute atomic E-state index is 0.0717. The Morgan fingerprint density at radius 1 is 1.47 bits per heavy atom. The van der Waals surface area contributed by atoms with Crippen LogP contribution in [0, 0.1) is 5.92 Å². The van der Waals surface area contributed by atoms with Crippen molar-refractivity contribution in [1.29, 1.82) is 0 Å². The lowest BCUT2D eigenvalue weighted by molar-refractivity contribution is -0.0847. The molecule has 1 unspecified atom stereocenters. The van der Waals surface area contributed by atoms with Gasteiger partial charge in [-0.1, -0.05) is 12.1 Å². The predicted molar refractivity (Wildman–Crippen MR) is 72.7 cm³/mol. The second-order valence-electron chi connectivity index (χ2n) is 5.58. The topological polar surface area (TPSA) is 60.2 Å². The zero-order valence-corrected chi connectivity index (χ0v) is 12.4. The minimum Gasteiger partial charge on any atom is -0.367 e. The molecule has 1 aliphatic carbocycles. The number of hydrogen-bond acceptors (Lipinski definition) is 5. The molecule has 1 fully saturated rings. The van der Waals surface area contributed by atoms with Crippen LogP contribution < -0.4 is 5.32 Å². The molecule has 1 aromatic heterocycles. The number of rotatable bonds is 5. The Morgan fingerprint density at radius 3 is 2.74 bits per heavy atom. The van der Waals surface area contributed by atoms with Crippen LogP contribution in [-0.2, 0) is 10.3 Å². The van der Waals surface area contributed by atoms with Crippen molar-refractivity contribution in [3.8, 4) is 0 Å². The van der Waals surface area contributed by atoms with Gasteiger partial charge in [-0.25, -0.2) is 0 Å². The molecule has 2 rings (SSSR count). The van der Waals surface area contributed by atoms with Crippen LogP contribution in [0.3, 0.4) is 0 Å². The van der Waals surface area contributed by atoms with Crippen LogP contribution in [0.25, 0.3) is 0 Å². The average Bonchev–Trinajstić information content (AvgIpc) is 2.91. The van der Waals surface area contributed by atoms with Crippen molar-refractivity contribution in [1.82, 2.24) is 15.5 Å². The quantitative estimate of drug-likeness (QED) is 0.889. The molecule has 19 heavy (non-hydrogen) atoms. The minimum atomic E-state index is -0.337. The molecule has 5 heteroatoms. The molecule has 1 saturated carbocycles. The van der Waals surface area contributed by atoms with E-state index in [0.717, 1.165) is 37.4 Å². The van der Waals surface area contributed by atoms with Gasteiger partial charge in [0, 0.05) is 6.61 Å². The number of ether oxygens (including phenoxy) is 1. The Bertz CT molecular complexity index is 397. The largest absolute Gasteiger partial charge is 0.367 e. The molecule has 1 aliphatic rings. The van der Waals surface area contributed by atoms with Gasteiger partial charge in [0.2, 0.25) is 11.7 Å². The van der Waals surface area contributed by atoms with E-state index >= 15 is 0 Å². The van der Waals surface area contributed by atoms with Crippen LogP contribution in [0.15, 0.2) is 4.52 Å². The molecule has 1 heterocycles. The maximum absolute atomic E-state index is 6.03. The van der Waals surface area contributed by atoms with E-state index in [1.54, 1.807) is 0 Å². The monoisotopic (exact) mass is 267 g/mol. The highest BCUT2D eigenvalue weighted by atomic mass is 16.5. The van der Waals surface area contributed by atoms with E-state index in [9.17, 15) is 0 Å². The van der Waals surface area contributed by atoms with Gasteiger partial charge < -0.3 is 14.6 Å². The van der Waals surface area contributed by atoms with Crippen LogP contribution in [0.1, 0.15) is 64.2 Å². The summed E-state index contributed by atoms with van der Waals surface area (Å²) in [4.78, 5) is 4.56. The third-order valence-electron chi connectivity index (χ3n) is 4.16. The van der Waals surface area contributed by atoms with Gasteiger partial charge in [-0.2, -0.15) is 4.98 Å². The van der Waals surface area contributed by atoms with Crippen LogP contribution in [0.5, 0.6) is 0 Å². The molecule has 108 valence electrons. The molecule has 1 N–H and O–H groups in total. The van der Waals surface area contributed by atoms with E-state index in [1.807, 2.05) is 20.9 Å². The van der Waals surface area contributed by atoms with Gasteiger partial charge in [0.25, 0.3) is 0 Å². The van der Waals surface area contributed by atoms with Crippen LogP contribution in [-0.4, -0.2) is 23.8 Å². The Hall–Kier alpha value is -0.940. The van der Waals surface area contributed by atoms with E-state index in [1.165, 1.54) is 0 Å². The van der Waals surface area contributed by atoms with Gasteiger partial charge in [-0.3, -0.25) is 0 Å².